The summed E-state index contributed by atoms with van der Waals surface area (Å²) in [6, 6.07) is 8.18. The van der Waals surface area contributed by atoms with Crippen LogP contribution in [0.1, 0.15) is 37.2 Å². The van der Waals surface area contributed by atoms with Crippen molar-refractivity contribution < 1.29 is 19.7 Å². The van der Waals surface area contributed by atoms with Gasteiger partial charge in [-0.05, 0) is 49.3 Å². The molecule has 4 heteroatoms. The smallest absolute Gasteiger partial charge is 0.119 e. The monoisotopic (exact) mass is 280 g/mol. The molecule has 0 aromatic heterocycles. The molecule has 2 rings (SSSR count). The van der Waals surface area contributed by atoms with Crippen LogP contribution in [0.3, 0.4) is 0 Å². The van der Waals surface area contributed by atoms with Gasteiger partial charge in [0.1, 0.15) is 12.4 Å². The van der Waals surface area contributed by atoms with Gasteiger partial charge in [-0.25, -0.2) is 0 Å². The van der Waals surface area contributed by atoms with Crippen LogP contribution in [0.15, 0.2) is 24.3 Å². The molecule has 0 atom stereocenters. The van der Waals surface area contributed by atoms with E-state index in [1.807, 2.05) is 12.1 Å². The van der Waals surface area contributed by atoms with Crippen LogP contribution < -0.4 is 4.74 Å². The van der Waals surface area contributed by atoms with Gasteiger partial charge in [-0.2, -0.15) is 0 Å². The molecular weight excluding hydrogens is 256 g/mol. The first-order valence-corrected chi connectivity index (χ1v) is 7.39. The number of rotatable bonds is 7. The molecule has 0 aliphatic heterocycles. The molecule has 0 radical (unpaired) electrons. The molecule has 112 valence electrons. The highest BCUT2D eigenvalue weighted by Crippen LogP contribution is 2.34. The van der Waals surface area contributed by atoms with Crippen molar-refractivity contribution in [3.63, 3.8) is 0 Å². The summed E-state index contributed by atoms with van der Waals surface area (Å²) in [6.07, 6.45) is 4.70. The average molecular weight is 280 g/mol. The zero-order valence-electron chi connectivity index (χ0n) is 11.8. The normalized spacial score (nSPS) is 22.7. The Morgan fingerprint density at radius 2 is 1.55 bits per heavy atom. The van der Waals surface area contributed by atoms with E-state index in [9.17, 15) is 0 Å². The van der Waals surface area contributed by atoms with Gasteiger partial charge in [0.25, 0.3) is 0 Å². The van der Waals surface area contributed by atoms with Gasteiger partial charge in [-0.1, -0.05) is 12.1 Å². The molecule has 2 N–H and O–H groups in total. The fourth-order valence-electron chi connectivity index (χ4n) is 2.78. The van der Waals surface area contributed by atoms with Gasteiger partial charge < -0.3 is 19.7 Å². The molecule has 0 amide bonds. The van der Waals surface area contributed by atoms with Crippen molar-refractivity contribution in [2.75, 3.05) is 26.4 Å². The third-order valence-corrected chi connectivity index (χ3v) is 3.83. The van der Waals surface area contributed by atoms with E-state index in [1.54, 1.807) is 0 Å². The lowest BCUT2D eigenvalue weighted by Gasteiger charge is -2.28. The van der Waals surface area contributed by atoms with Gasteiger partial charge in [-0.15, -0.1) is 0 Å². The summed E-state index contributed by atoms with van der Waals surface area (Å²) < 4.78 is 11.0. The van der Waals surface area contributed by atoms with Crippen LogP contribution in [0.25, 0.3) is 0 Å². The van der Waals surface area contributed by atoms with E-state index in [4.69, 9.17) is 19.7 Å². The van der Waals surface area contributed by atoms with Crippen LogP contribution in [-0.2, 0) is 4.74 Å². The second-order valence-corrected chi connectivity index (χ2v) is 5.21. The van der Waals surface area contributed by atoms with Crippen molar-refractivity contribution in [1.82, 2.24) is 0 Å². The fraction of sp³-hybridized carbons (Fsp3) is 0.625. The van der Waals surface area contributed by atoms with Gasteiger partial charge in [-0.3, -0.25) is 0 Å². The minimum absolute atomic E-state index is 0.0413. The molecule has 0 bridgehead atoms. The molecule has 0 saturated heterocycles. The summed E-state index contributed by atoms with van der Waals surface area (Å²) in [5.41, 5.74) is 1.35. The average Bonchev–Trinajstić information content (AvgIpc) is 2.52. The number of aliphatic hydroxyl groups is 2. The Labute approximate surface area is 120 Å². The Bertz CT molecular complexity index is 369. The highest BCUT2D eigenvalue weighted by molar-refractivity contribution is 5.29. The number of aliphatic hydroxyl groups excluding tert-OH is 2. The van der Waals surface area contributed by atoms with Crippen LogP contribution in [0, 0.1) is 0 Å². The third kappa shape index (κ3) is 4.47. The highest BCUT2D eigenvalue weighted by atomic mass is 16.5. The summed E-state index contributed by atoms with van der Waals surface area (Å²) in [7, 11) is 0. The summed E-state index contributed by atoms with van der Waals surface area (Å²) in [4.78, 5) is 0. The van der Waals surface area contributed by atoms with E-state index in [-0.39, 0.29) is 13.2 Å². The first kappa shape index (κ1) is 15.3. The number of hydrogen-bond donors (Lipinski definition) is 2. The van der Waals surface area contributed by atoms with E-state index < -0.39 is 0 Å². The van der Waals surface area contributed by atoms with Crippen molar-refractivity contribution in [3.8, 4) is 5.75 Å². The maximum atomic E-state index is 8.76. The first-order chi connectivity index (χ1) is 9.83. The zero-order valence-corrected chi connectivity index (χ0v) is 11.8. The lowest BCUT2D eigenvalue weighted by atomic mass is 9.83. The Morgan fingerprint density at radius 1 is 0.900 bits per heavy atom. The Hall–Kier alpha value is -1.10. The van der Waals surface area contributed by atoms with E-state index in [1.165, 1.54) is 5.56 Å². The fourth-order valence-corrected chi connectivity index (χ4v) is 2.78. The predicted octanol–water partition coefficient (Wildman–Crippen LogP) is 2.09. The molecule has 1 aliphatic rings. The van der Waals surface area contributed by atoms with Crippen molar-refractivity contribution in [1.29, 1.82) is 0 Å². The maximum Gasteiger partial charge on any atom is 0.119 e. The number of ether oxygens (including phenoxy) is 2. The van der Waals surface area contributed by atoms with Crippen LogP contribution in [0.2, 0.25) is 0 Å². The molecule has 1 aromatic carbocycles. The van der Waals surface area contributed by atoms with Crippen molar-refractivity contribution >= 4 is 0 Å². The minimum atomic E-state index is 0.0413. The molecule has 1 aliphatic carbocycles. The van der Waals surface area contributed by atoms with Crippen molar-refractivity contribution in [2.24, 2.45) is 0 Å². The van der Waals surface area contributed by atoms with Crippen molar-refractivity contribution in [3.05, 3.63) is 29.8 Å². The van der Waals surface area contributed by atoms with Gasteiger partial charge in [0.15, 0.2) is 0 Å². The maximum absolute atomic E-state index is 8.76. The standard InChI is InChI=1S/C16H24O4/c17-9-11-19-15-5-1-13(2-6-15)14-3-7-16(8-4-14)20-12-10-18/h1-2,5-6,14,16-18H,3-4,7-12H2. The Balaban J connectivity index is 1.81. The quantitative estimate of drug-likeness (QED) is 0.803. The van der Waals surface area contributed by atoms with Crippen LogP contribution >= 0.6 is 0 Å². The molecular formula is C16H24O4. The first-order valence-electron chi connectivity index (χ1n) is 7.39. The SMILES string of the molecule is OCCOc1ccc(C2CCC(OCCO)CC2)cc1. The lowest BCUT2D eigenvalue weighted by molar-refractivity contribution is 0.00580. The van der Waals surface area contributed by atoms with Crippen molar-refractivity contribution in [2.45, 2.75) is 37.7 Å². The van der Waals surface area contributed by atoms with Crippen LogP contribution in [-0.4, -0.2) is 42.7 Å². The molecule has 0 unspecified atom stereocenters. The van der Waals surface area contributed by atoms with Crippen LogP contribution in [0.5, 0.6) is 5.75 Å². The summed E-state index contributed by atoms with van der Waals surface area (Å²) in [5.74, 6) is 1.40. The van der Waals surface area contributed by atoms with Gasteiger partial charge in [0.2, 0.25) is 0 Å². The molecule has 20 heavy (non-hydrogen) atoms. The lowest BCUT2D eigenvalue weighted by Crippen LogP contribution is -2.22. The largest absolute Gasteiger partial charge is 0.491 e. The predicted molar refractivity (Wildman–Crippen MR) is 77.1 cm³/mol. The molecule has 0 heterocycles. The minimum Gasteiger partial charge on any atom is -0.491 e. The van der Waals surface area contributed by atoms with E-state index in [2.05, 4.69) is 12.1 Å². The van der Waals surface area contributed by atoms with Gasteiger partial charge >= 0.3 is 0 Å². The second-order valence-electron chi connectivity index (χ2n) is 5.21. The molecule has 0 spiro atoms. The topological polar surface area (TPSA) is 58.9 Å². The Kier molecular flexibility index (Phi) is 6.30. The second kappa shape index (κ2) is 8.25. The molecule has 1 aromatic rings. The van der Waals surface area contributed by atoms with E-state index >= 15 is 0 Å². The summed E-state index contributed by atoms with van der Waals surface area (Å²) >= 11 is 0. The van der Waals surface area contributed by atoms with Gasteiger partial charge in [0.05, 0.1) is 25.9 Å². The molecule has 4 nitrogen and oxygen atoms in total. The third-order valence-electron chi connectivity index (χ3n) is 3.83. The van der Waals surface area contributed by atoms with Crippen LogP contribution in [0.4, 0.5) is 0 Å². The summed E-state index contributed by atoms with van der Waals surface area (Å²) in [6.45, 7) is 0.938. The van der Waals surface area contributed by atoms with E-state index in [0.29, 0.717) is 25.2 Å². The number of hydrogen-bond acceptors (Lipinski definition) is 4. The molecule has 1 fully saturated rings. The highest BCUT2D eigenvalue weighted by Gasteiger charge is 2.22. The Morgan fingerprint density at radius 3 is 2.15 bits per heavy atom. The van der Waals surface area contributed by atoms with Gasteiger partial charge in [0, 0.05) is 0 Å². The molecule has 1 saturated carbocycles. The zero-order chi connectivity index (χ0) is 14.2. The van der Waals surface area contributed by atoms with E-state index in [0.717, 1.165) is 31.4 Å². The number of benzene rings is 1. The summed E-state index contributed by atoms with van der Waals surface area (Å²) in [5, 5.41) is 17.5.